The predicted octanol–water partition coefficient (Wildman–Crippen LogP) is 3.64. The molecular formula is C17H17ClN2O2. The molecule has 2 aromatic rings. The molecule has 2 rings (SSSR count). The van der Waals surface area contributed by atoms with Crippen molar-refractivity contribution in [3.63, 3.8) is 0 Å². The summed E-state index contributed by atoms with van der Waals surface area (Å²) in [6, 6.07) is 14.3. The molecule has 0 bridgehead atoms. The third kappa shape index (κ3) is 4.33. The highest BCUT2D eigenvalue weighted by Gasteiger charge is 2.15. The number of anilines is 2. The number of nitrogens with zero attached hydrogens (tertiary/aromatic N) is 1. The number of halogens is 1. The number of nitrogens with one attached hydrogen (secondary N) is 1. The molecule has 5 heteroatoms. The molecule has 22 heavy (non-hydrogen) atoms. The molecule has 0 unspecified atom stereocenters. The van der Waals surface area contributed by atoms with Crippen LogP contribution in [0, 0.1) is 6.92 Å². The van der Waals surface area contributed by atoms with Gasteiger partial charge in [-0.3, -0.25) is 9.59 Å². The van der Waals surface area contributed by atoms with E-state index in [1.807, 2.05) is 31.2 Å². The number of carbonyl (C=O) groups excluding carboxylic acids is 2. The fourth-order valence-electron chi connectivity index (χ4n) is 2.02. The van der Waals surface area contributed by atoms with Gasteiger partial charge < -0.3 is 10.2 Å². The summed E-state index contributed by atoms with van der Waals surface area (Å²) in [6.45, 7) is 3.35. The molecule has 0 aromatic heterocycles. The minimum atomic E-state index is -0.280. The van der Waals surface area contributed by atoms with Crippen LogP contribution in [0.2, 0.25) is 5.02 Å². The van der Waals surface area contributed by atoms with Crippen LogP contribution in [0.1, 0.15) is 12.5 Å². The molecule has 0 aliphatic rings. The van der Waals surface area contributed by atoms with E-state index < -0.39 is 0 Å². The first kappa shape index (κ1) is 16.0. The van der Waals surface area contributed by atoms with E-state index in [9.17, 15) is 9.59 Å². The molecule has 1 N–H and O–H groups in total. The van der Waals surface area contributed by atoms with Crippen molar-refractivity contribution in [2.24, 2.45) is 0 Å². The van der Waals surface area contributed by atoms with Gasteiger partial charge in [0.2, 0.25) is 11.8 Å². The summed E-state index contributed by atoms with van der Waals surface area (Å²) in [7, 11) is 0. The van der Waals surface area contributed by atoms with Crippen LogP contribution in [0.5, 0.6) is 0 Å². The minimum Gasteiger partial charge on any atom is -0.324 e. The average molecular weight is 317 g/mol. The van der Waals surface area contributed by atoms with Crippen LogP contribution in [0.25, 0.3) is 0 Å². The molecule has 0 saturated carbocycles. The summed E-state index contributed by atoms with van der Waals surface area (Å²) < 4.78 is 0. The minimum absolute atomic E-state index is 0.0507. The lowest BCUT2D eigenvalue weighted by atomic mass is 10.2. The first-order chi connectivity index (χ1) is 10.5. The smallest absolute Gasteiger partial charge is 0.244 e. The van der Waals surface area contributed by atoms with Crippen LogP contribution in [-0.4, -0.2) is 18.4 Å². The zero-order chi connectivity index (χ0) is 16.1. The lowest BCUT2D eigenvalue weighted by Crippen LogP contribution is -2.36. The maximum Gasteiger partial charge on any atom is 0.244 e. The summed E-state index contributed by atoms with van der Waals surface area (Å²) in [5, 5.41) is 3.27. The van der Waals surface area contributed by atoms with E-state index in [1.54, 1.807) is 24.3 Å². The summed E-state index contributed by atoms with van der Waals surface area (Å²) in [5.41, 5.74) is 2.39. The second-order valence-electron chi connectivity index (χ2n) is 5.00. The number of rotatable bonds is 4. The standard InChI is InChI=1S/C17H17ClN2O2/c1-12-6-8-16(9-7-12)20(13(2)21)11-17(22)19-15-5-3-4-14(18)10-15/h3-10H,11H2,1-2H3,(H,19,22). The summed E-state index contributed by atoms with van der Waals surface area (Å²) >= 11 is 5.88. The van der Waals surface area contributed by atoms with Gasteiger partial charge in [-0.25, -0.2) is 0 Å². The Hall–Kier alpha value is -2.33. The SMILES string of the molecule is CC(=O)N(CC(=O)Nc1cccc(Cl)c1)c1ccc(C)cc1. The Morgan fingerprint density at radius 2 is 1.82 bits per heavy atom. The Morgan fingerprint density at radius 3 is 2.41 bits per heavy atom. The zero-order valence-corrected chi connectivity index (χ0v) is 13.2. The van der Waals surface area contributed by atoms with Gasteiger partial charge in [0.25, 0.3) is 0 Å². The van der Waals surface area contributed by atoms with Crippen LogP contribution in [-0.2, 0) is 9.59 Å². The Morgan fingerprint density at radius 1 is 1.14 bits per heavy atom. The van der Waals surface area contributed by atoms with Crippen LogP contribution < -0.4 is 10.2 Å². The van der Waals surface area contributed by atoms with Crippen molar-refractivity contribution in [2.45, 2.75) is 13.8 Å². The van der Waals surface area contributed by atoms with E-state index in [2.05, 4.69) is 5.32 Å². The van der Waals surface area contributed by atoms with Crippen LogP contribution in [0.3, 0.4) is 0 Å². The van der Waals surface area contributed by atoms with E-state index in [1.165, 1.54) is 11.8 Å². The number of hydrogen-bond donors (Lipinski definition) is 1. The summed E-state index contributed by atoms with van der Waals surface area (Å²) in [6.07, 6.45) is 0. The maximum atomic E-state index is 12.1. The van der Waals surface area contributed by atoms with Gasteiger partial charge in [0.15, 0.2) is 0 Å². The van der Waals surface area contributed by atoms with Crippen LogP contribution in [0.15, 0.2) is 48.5 Å². The van der Waals surface area contributed by atoms with Crippen molar-refractivity contribution in [2.75, 3.05) is 16.8 Å². The highest BCUT2D eigenvalue weighted by molar-refractivity contribution is 6.30. The number of hydrogen-bond acceptors (Lipinski definition) is 2. The largest absolute Gasteiger partial charge is 0.324 e. The second-order valence-corrected chi connectivity index (χ2v) is 5.44. The highest BCUT2D eigenvalue weighted by Crippen LogP contribution is 2.17. The summed E-state index contributed by atoms with van der Waals surface area (Å²) in [5.74, 6) is -0.469. The fraction of sp³-hybridized carbons (Fsp3) is 0.176. The van der Waals surface area contributed by atoms with Crippen LogP contribution >= 0.6 is 11.6 Å². The molecule has 0 fully saturated rings. The zero-order valence-electron chi connectivity index (χ0n) is 12.5. The van der Waals surface area contributed by atoms with Gasteiger partial charge in [-0.1, -0.05) is 35.4 Å². The normalized spacial score (nSPS) is 10.1. The molecule has 0 heterocycles. The quantitative estimate of drug-likeness (QED) is 0.936. The molecule has 0 spiro atoms. The summed E-state index contributed by atoms with van der Waals surface area (Å²) in [4.78, 5) is 25.4. The molecular weight excluding hydrogens is 300 g/mol. The van der Waals surface area contributed by atoms with Gasteiger partial charge in [-0.15, -0.1) is 0 Å². The Bertz CT molecular complexity index is 683. The lowest BCUT2D eigenvalue weighted by molar-refractivity contribution is -0.120. The first-order valence-electron chi connectivity index (χ1n) is 6.86. The van der Waals surface area contributed by atoms with E-state index in [4.69, 9.17) is 11.6 Å². The van der Waals surface area contributed by atoms with Gasteiger partial charge in [0, 0.05) is 23.3 Å². The Labute approximate surface area is 134 Å². The topological polar surface area (TPSA) is 49.4 Å². The fourth-order valence-corrected chi connectivity index (χ4v) is 2.21. The van der Waals surface area contributed by atoms with Crippen molar-refractivity contribution in [1.82, 2.24) is 0 Å². The number of carbonyl (C=O) groups is 2. The molecule has 4 nitrogen and oxygen atoms in total. The van der Waals surface area contributed by atoms with Gasteiger partial charge in [0.1, 0.15) is 6.54 Å². The highest BCUT2D eigenvalue weighted by atomic mass is 35.5. The van der Waals surface area contributed by atoms with Crippen molar-refractivity contribution < 1.29 is 9.59 Å². The number of aryl methyl sites for hydroxylation is 1. The van der Waals surface area contributed by atoms with Gasteiger partial charge >= 0.3 is 0 Å². The van der Waals surface area contributed by atoms with Crippen LogP contribution in [0.4, 0.5) is 11.4 Å². The lowest BCUT2D eigenvalue weighted by Gasteiger charge is -2.21. The molecule has 0 radical (unpaired) electrons. The van der Waals surface area contributed by atoms with Crippen molar-refractivity contribution >= 4 is 34.8 Å². The molecule has 0 saturated heterocycles. The molecule has 0 aliphatic carbocycles. The Kier molecular flexibility index (Phi) is 5.17. The number of amides is 2. The third-order valence-electron chi connectivity index (χ3n) is 3.14. The molecule has 0 atom stereocenters. The van der Waals surface area contributed by atoms with E-state index in [0.29, 0.717) is 16.4 Å². The van der Waals surface area contributed by atoms with E-state index >= 15 is 0 Å². The predicted molar refractivity (Wildman–Crippen MR) is 89.3 cm³/mol. The van der Waals surface area contributed by atoms with E-state index in [0.717, 1.165) is 5.56 Å². The van der Waals surface area contributed by atoms with Gasteiger partial charge in [-0.2, -0.15) is 0 Å². The molecule has 0 aliphatic heterocycles. The van der Waals surface area contributed by atoms with Gasteiger partial charge in [-0.05, 0) is 37.3 Å². The molecule has 2 aromatic carbocycles. The average Bonchev–Trinajstić information content (AvgIpc) is 2.45. The monoisotopic (exact) mass is 316 g/mol. The molecule has 114 valence electrons. The Balaban J connectivity index is 2.09. The van der Waals surface area contributed by atoms with Gasteiger partial charge in [0.05, 0.1) is 0 Å². The van der Waals surface area contributed by atoms with Crippen molar-refractivity contribution in [1.29, 1.82) is 0 Å². The maximum absolute atomic E-state index is 12.1. The number of benzene rings is 2. The molecule has 2 amide bonds. The van der Waals surface area contributed by atoms with E-state index in [-0.39, 0.29) is 18.4 Å². The first-order valence-corrected chi connectivity index (χ1v) is 7.23. The van der Waals surface area contributed by atoms with Crippen molar-refractivity contribution in [3.8, 4) is 0 Å². The second kappa shape index (κ2) is 7.09. The third-order valence-corrected chi connectivity index (χ3v) is 3.37. The van der Waals surface area contributed by atoms with Crippen molar-refractivity contribution in [3.05, 3.63) is 59.1 Å².